The second-order valence-corrected chi connectivity index (χ2v) is 14.8. The molecule has 4 aliphatic rings. The van der Waals surface area contributed by atoms with E-state index in [0.717, 1.165) is 39.3 Å². The van der Waals surface area contributed by atoms with Gasteiger partial charge in [0.2, 0.25) is 0 Å². The fourth-order valence-electron chi connectivity index (χ4n) is 4.54. The SMILES string of the molecule is Clc1ccc(OC2=NN=NP(N3CCOCC3)(N3CCOCC3)(N3CCOCC3)S2)cc1. The molecule has 0 saturated carbocycles. The zero-order chi connectivity index (χ0) is 21.9. The normalized spacial score (nSPS) is 28.4. The second-order valence-electron chi connectivity index (χ2n) is 7.75. The van der Waals surface area contributed by atoms with Gasteiger partial charge in [-0.15, -0.1) is 0 Å². The Bertz CT molecular complexity index is 812. The first-order valence-electron chi connectivity index (χ1n) is 10.9. The van der Waals surface area contributed by atoms with Crippen LogP contribution in [0.2, 0.25) is 5.02 Å². The fourth-order valence-corrected chi connectivity index (χ4v) is 13.5. The molecular formula is C19H28ClN6O4PS. The Labute approximate surface area is 196 Å². The zero-order valence-corrected chi connectivity index (χ0v) is 20.3. The predicted octanol–water partition coefficient (Wildman–Crippen LogP) is 3.31. The summed E-state index contributed by atoms with van der Waals surface area (Å²) in [5, 5.41) is 9.84. The van der Waals surface area contributed by atoms with Crippen molar-refractivity contribution in [1.82, 2.24) is 14.0 Å². The fraction of sp³-hybridized carbons (Fsp3) is 0.632. The molecule has 4 aliphatic heterocycles. The molecular weight excluding hydrogens is 475 g/mol. The van der Waals surface area contributed by atoms with E-state index < -0.39 is 6.41 Å². The molecule has 0 aromatic heterocycles. The van der Waals surface area contributed by atoms with E-state index in [1.54, 1.807) is 23.5 Å². The van der Waals surface area contributed by atoms with Crippen LogP contribution in [0.4, 0.5) is 0 Å². The summed E-state index contributed by atoms with van der Waals surface area (Å²) in [4.78, 5) is 5.11. The molecule has 0 spiro atoms. The molecule has 1 aromatic rings. The molecule has 1 aromatic carbocycles. The van der Waals surface area contributed by atoms with E-state index >= 15 is 0 Å². The Hall–Kier alpha value is -0.880. The zero-order valence-electron chi connectivity index (χ0n) is 17.8. The summed E-state index contributed by atoms with van der Waals surface area (Å²) in [7, 11) is 0. The minimum absolute atomic E-state index is 0.490. The third-order valence-corrected chi connectivity index (χ3v) is 15.2. The molecule has 5 rings (SSSR count). The van der Waals surface area contributed by atoms with Gasteiger partial charge < -0.3 is 0 Å². The first kappa shape index (κ1) is 22.9. The number of halogens is 1. The van der Waals surface area contributed by atoms with Gasteiger partial charge in [-0.3, -0.25) is 0 Å². The Morgan fingerprint density at radius 1 is 0.781 bits per heavy atom. The summed E-state index contributed by atoms with van der Waals surface area (Å²) < 4.78 is 30.9. The third-order valence-electron chi connectivity index (χ3n) is 6.03. The predicted molar refractivity (Wildman–Crippen MR) is 126 cm³/mol. The molecule has 3 saturated heterocycles. The molecule has 0 unspecified atom stereocenters. The Morgan fingerprint density at radius 3 is 1.72 bits per heavy atom. The first-order chi connectivity index (χ1) is 15.7. The molecule has 0 bridgehead atoms. The molecule has 10 nitrogen and oxygen atoms in total. The number of hydrogen-bond acceptors (Lipinski definition) is 11. The van der Waals surface area contributed by atoms with E-state index in [2.05, 4.69) is 24.3 Å². The Balaban J connectivity index is 1.57. The monoisotopic (exact) mass is 502 g/mol. The van der Waals surface area contributed by atoms with Crippen molar-refractivity contribution in [3.8, 4) is 5.75 Å². The Kier molecular flexibility index (Phi) is 6.99. The molecule has 32 heavy (non-hydrogen) atoms. The van der Waals surface area contributed by atoms with Gasteiger partial charge in [0.1, 0.15) is 0 Å². The average Bonchev–Trinajstić information content (AvgIpc) is 2.87. The summed E-state index contributed by atoms with van der Waals surface area (Å²) in [6.07, 6.45) is -3.42. The van der Waals surface area contributed by atoms with Gasteiger partial charge in [0.05, 0.1) is 0 Å². The summed E-state index contributed by atoms with van der Waals surface area (Å²) in [5.41, 5.74) is 0. The quantitative estimate of drug-likeness (QED) is 0.580. The van der Waals surface area contributed by atoms with Crippen molar-refractivity contribution in [2.75, 3.05) is 78.9 Å². The van der Waals surface area contributed by atoms with Gasteiger partial charge in [-0.25, -0.2) is 0 Å². The molecule has 0 N–H and O–H groups in total. The van der Waals surface area contributed by atoms with E-state index in [0.29, 0.717) is 55.6 Å². The van der Waals surface area contributed by atoms with Crippen LogP contribution in [0.15, 0.2) is 39.5 Å². The average molecular weight is 503 g/mol. The molecule has 176 valence electrons. The molecule has 13 heteroatoms. The van der Waals surface area contributed by atoms with Crippen LogP contribution in [-0.2, 0) is 14.2 Å². The minimum atomic E-state index is -3.42. The van der Waals surface area contributed by atoms with Crippen LogP contribution in [0.5, 0.6) is 5.75 Å². The van der Waals surface area contributed by atoms with E-state index in [1.807, 2.05) is 12.1 Å². The van der Waals surface area contributed by atoms with Crippen molar-refractivity contribution in [1.29, 1.82) is 0 Å². The van der Waals surface area contributed by atoms with Crippen LogP contribution in [0, 0.1) is 0 Å². The van der Waals surface area contributed by atoms with E-state index in [4.69, 9.17) is 35.4 Å². The second kappa shape index (κ2) is 9.77. The van der Waals surface area contributed by atoms with Crippen molar-refractivity contribution < 1.29 is 18.9 Å². The van der Waals surface area contributed by atoms with Gasteiger partial charge in [-0.1, -0.05) is 0 Å². The summed E-state index contributed by atoms with van der Waals surface area (Å²) >= 11 is 7.67. The van der Waals surface area contributed by atoms with Crippen LogP contribution in [0.25, 0.3) is 0 Å². The third kappa shape index (κ3) is 4.08. The molecule has 0 aliphatic carbocycles. The van der Waals surface area contributed by atoms with Gasteiger partial charge in [0, 0.05) is 0 Å². The first-order valence-corrected chi connectivity index (χ1v) is 14.7. The maximum atomic E-state index is 6.22. The van der Waals surface area contributed by atoms with Gasteiger partial charge >= 0.3 is 197 Å². The summed E-state index contributed by atoms with van der Waals surface area (Å²) in [6.45, 7) is 8.58. The van der Waals surface area contributed by atoms with Gasteiger partial charge in [0.25, 0.3) is 0 Å². The van der Waals surface area contributed by atoms with Crippen LogP contribution in [0.3, 0.4) is 0 Å². The molecule has 0 radical (unpaired) electrons. The number of ether oxygens (including phenoxy) is 4. The molecule has 0 atom stereocenters. The topological polar surface area (TPSA) is 83.7 Å². The van der Waals surface area contributed by atoms with Gasteiger partial charge in [-0.2, -0.15) is 0 Å². The Morgan fingerprint density at radius 2 is 1.25 bits per heavy atom. The van der Waals surface area contributed by atoms with Gasteiger partial charge in [-0.05, 0) is 0 Å². The maximum absolute atomic E-state index is 6.22. The van der Waals surface area contributed by atoms with E-state index in [-0.39, 0.29) is 0 Å². The van der Waals surface area contributed by atoms with E-state index in [1.165, 1.54) is 0 Å². The number of nitrogens with zero attached hydrogens (tertiary/aromatic N) is 6. The number of hydrogen-bond donors (Lipinski definition) is 0. The molecule has 0 amide bonds. The van der Waals surface area contributed by atoms with Crippen molar-refractivity contribution in [2.45, 2.75) is 0 Å². The van der Waals surface area contributed by atoms with Crippen molar-refractivity contribution in [3.05, 3.63) is 29.3 Å². The number of benzene rings is 1. The van der Waals surface area contributed by atoms with Crippen molar-refractivity contribution in [2.24, 2.45) is 15.2 Å². The standard InChI is InChI=1S/C19H28ClN6O4PS/c20-17-1-3-18(4-2-17)30-19-21-22-23-31(32-19,24-5-11-27-12-6-24,25-7-13-28-14-8-25)26-9-15-29-16-10-26/h1-4H,5-16H2. The van der Waals surface area contributed by atoms with Gasteiger partial charge in [0.15, 0.2) is 0 Å². The van der Waals surface area contributed by atoms with Crippen LogP contribution in [-0.4, -0.2) is 98.2 Å². The summed E-state index contributed by atoms with van der Waals surface area (Å²) in [5.74, 6) is 0.667. The number of morpholine rings is 3. The summed E-state index contributed by atoms with van der Waals surface area (Å²) in [6, 6.07) is 7.28. The van der Waals surface area contributed by atoms with Crippen molar-refractivity contribution in [3.63, 3.8) is 0 Å². The van der Waals surface area contributed by atoms with E-state index in [9.17, 15) is 0 Å². The van der Waals surface area contributed by atoms with Crippen LogP contribution < -0.4 is 4.74 Å². The molecule has 3 fully saturated rings. The molecule has 4 heterocycles. The van der Waals surface area contributed by atoms with Crippen LogP contribution in [0.1, 0.15) is 0 Å². The number of rotatable bonds is 4. The van der Waals surface area contributed by atoms with Crippen LogP contribution >= 0.6 is 29.4 Å². The van der Waals surface area contributed by atoms with Crippen molar-refractivity contribution >= 4 is 34.6 Å².